The van der Waals surface area contributed by atoms with E-state index in [9.17, 15) is 4.79 Å². The quantitative estimate of drug-likeness (QED) is 0.586. The van der Waals surface area contributed by atoms with Crippen LogP contribution in [0.15, 0.2) is 79.3 Å². The molecule has 0 bridgehead atoms. The number of benzene rings is 2. The van der Waals surface area contributed by atoms with Gasteiger partial charge in [0.05, 0.1) is 5.52 Å². The van der Waals surface area contributed by atoms with Crippen molar-refractivity contribution in [2.24, 2.45) is 0 Å². The van der Waals surface area contributed by atoms with Crippen LogP contribution >= 0.6 is 0 Å². The molecule has 2 N–H and O–H groups in total. The Kier molecular flexibility index (Phi) is 3.56. The first-order chi connectivity index (χ1) is 11.8. The molecule has 2 aromatic heterocycles. The summed E-state index contributed by atoms with van der Waals surface area (Å²) in [6.45, 7) is 0. The lowest BCUT2D eigenvalue weighted by atomic mass is 10.0. The van der Waals surface area contributed by atoms with Gasteiger partial charge in [0.15, 0.2) is 0 Å². The van der Waals surface area contributed by atoms with E-state index in [-0.39, 0.29) is 5.91 Å². The molecule has 0 radical (unpaired) electrons. The summed E-state index contributed by atoms with van der Waals surface area (Å²) in [6.07, 6.45) is 5.15. The lowest BCUT2D eigenvalue weighted by Crippen LogP contribution is -2.11. The number of aromatic amines is 1. The van der Waals surface area contributed by atoms with Gasteiger partial charge in [0.25, 0.3) is 5.91 Å². The zero-order valence-electron chi connectivity index (χ0n) is 12.9. The standard InChI is InChI=1S/C20H15N3O/c24-20(15-7-10-21-11-8-15)23-17-5-1-4-16(13-17)18-6-2-3-14-9-12-22-19(14)18/h1-13,22H,(H,23,24). The summed E-state index contributed by atoms with van der Waals surface area (Å²) in [5, 5.41) is 4.10. The number of hydrogen-bond acceptors (Lipinski definition) is 2. The molecule has 0 saturated carbocycles. The van der Waals surface area contributed by atoms with Gasteiger partial charge in [0.2, 0.25) is 0 Å². The van der Waals surface area contributed by atoms with E-state index < -0.39 is 0 Å². The number of aromatic nitrogens is 2. The number of carbonyl (C=O) groups excluding carboxylic acids is 1. The number of para-hydroxylation sites is 1. The highest BCUT2D eigenvalue weighted by Gasteiger charge is 2.08. The molecule has 2 heterocycles. The number of fused-ring (bicyclic) bond motifs is 1. The van der Waals surface area contributed by atoms with Crippen molar-refractivity contribution in [2.75, 3.05) is 5.32 Å². The van der Waals surface area contributed by atoms with E-state index in [0.29, 0.717) is 5.56 Å². The van der Waals surface area contributed by atoms with E-state index in [4.69, 9.17) is 0 Å². The number of anilines is 1. The summed E-state index contributed by atoms with van der Waals surface area (Å²) >= 11 is 0. The van der Waals surface area contributed by atoms with Gasteiger partial charge in [-0.1, -0.05) is 30.3 Å². The number of pyridine rings is 1. The summed E-state index contributed by atoms with van der Waals surface area (Å²) in [5.41, 5.74) is 4.60. The van der Waals surface area contributed by atoms with Crippen molar-refractivity contribution in [1.29, 1.82) is 0 Å². The molecule has 0 aliphatic carbocycles. The van der Waals surface area contributed by atoms with Crippen LogP contribution in [0, 0.1) is 0 Å². The summed E-state index contributed by atoms with van der Waals surface area (Å²) in [6, 6.07) is 19.5. The van der Waals surface area contributed by atoms with Crippen LogP contribution in [0.3, 0.4) is 0 Å². The molecule has 4 nitrogen and oxygen atoms in total. The predicted octanol–water partition coefficient (Wildman–Crippen LogP) is 4.48. The minimum atomic E-state index is -0.146. The number of H-pyrrole nitrogens is 1. The lowest BCUT2D eigenvalue weighted by molar-refractivity contribution is 0.102. The molecule has 116 valence electrons. The number of amides is 1. The molecule has 0 spiro atoms. The Labute approximate surface area is 139 Å². The molecule has 4 aromatic rings. The molecule has 0 aliphatic rings. The van der Waals surface area contributed by atoms with Crippen molar-refractivity contribution in [3.63, 3.8) is 0 Å². The largest absolute Gasteiger partial charge is 0.361 e. The van der Waals surface area contributed by atoms with Gasteiger partial charge in [-0.25, -0.2) is 0 Å². The van der Waals surface area contributed by atoms with Crippen LogP contribution in [0.4, 0.5) is 5.69 Å². The number of carbonyl (C=O) groups is 1. The lowest BCUT2D eigenvalue weighted by Gasteiger charge is -2.09. The van der Waals surface area contributed by atoms with Crippen LogP contribution in [0.2, 0.25) is 0 Å². The van der Waals surface area contributed by atoms with Crippen LogP contribution < -0.4 is 5.32 Å². The summed E-state index contributed by atoms with van der Waals surface area (Å²) in [7, 11) is 0. The van der Waals surface area contributed by atoms with Gasteiger partial charge in [-0.05, 0) is 41.3 Å². The Morgan fingerprint density at radius 2 is 1.79 bits per heavy atom. The molecule has 24 heavy (non-hydrogen) atoms. The third-order valence-electron chi connectivity index (χ3n) is 3.96. The zero-order chi connectivity index (χ0) is 16.4. The third-order valence-corrected chi connectivity index (χ3v) is 3.96. The van der Waals surface area contributed by atoms with Gasteiger partial charge in [-0.2, -0.15) is 0 Å². The fourth-order valence-electron chi connectivity index (χ4n) is 2.80. The van der Waals surface area contributed by atoms with Gasteiger partial charge in [0, 0.05) is 35.4 Å². The molecule has 0 aliphatic heterocycles. The number of rotatable bonds is 3. The number of hydrogen-bond donors (Lipinski definition) is 2. The molecule has 0 fully saturated rings. The molecule has 0 atom stereocenters. The first-order valence-electron chi connectivity index (χ1n) is 7.69. The van der Waals surface area contributed by atoms with Crippen molar-refractivity contribution in [1.82, 2.24) is 9.97 Å². The molecule has 2 aromatic carbocycles. The summed E-state index contributed by atoms with van der Waals surface area (Å²) in [4.78, 5) is 19.5. The Bertz CT molecular complexity index is 1010. The second-order valence-corrected chi connectivity index (χ2v) is 5.52. The average Bonchev–Trinajstić information content (AvgIpc) is 3.11. The van der Waals surface area contributed by atoms with Crippen LogP contribution in [0.1, 0.15) is 10.4 Å². The van der Waals surface area contributed by atoms with Gasteiger partial charge in [0.1, 0.15) is 0 Å². The number of nitrogens with zero attached hydrogens (tertiary/aromatic N) is 1. The van der Waals surface area contributed by atoms with E-state index in [0.717, 1.165) is 22.3 Å². The van der Waals surface area contributed by atoms with Crippen molar-refractivity contribution in [2.45, 2.75) is 0 Å². The van der Waals surface area contributed by atoms with E-state index in [1.165, 1.54) is 5.39 Å². The highest BCUT2D eigenvalue weighted by Crippen LogP contribution is 2.29. The van der Waals surface area contributed by atoms with Crippen molar-refractivity contribution in [3.05, 3.63) is 84.8 Å². The first kappa shape index (κ1) is 14.2. The average molecular weight is 313 g/mol. The SMILES string of the molecule is O=C(Nc1cccc(-c2cccc3cc[nH]c23)c1)c1ccncc1. The minimum absolute atomic E-state index is 0.146. The third kappa shape index (κ3) is 2.65. The van der Waals surface area contributed by atoms with Crippen LogP contribution in [-0.2, 0) is 0 Å². The second-order valence-electron chi connectivity index (χ2n) is 5.52. The topological polar surface area (TPSA) is 57.8 Å². The maximum Gasteiger partial charge on any atom is 0.255 e. The van der Waals surface area contributed by atoms with Crippen molar-refractivity contribution in [3.8, 4) is 11.1 Å². The fraction of sp³-hybridized carbons (Fsp3) is 0. The van der Waals surface area contributed by atoms with E-state index in [1.54, 1.807) is 24.5 Å². The normalized spacial score (nSPS) is 10.7. The molecule has 4 rings (SSSR count). The van der Waals surface area contributed by atoms with Crippen LogP contribution in [0.25, 0.3) is 22.0 Å². The molecular formula is C20H15N3O. The molecule has 4 heteroatoms. The van der Waals surface area contributed by atoms with Crippen LogP contribution in [0.5, 0.6) is 0 Å². The fourth-order valence-corrected chi connectivity index (χ4v) is 2.80. The summed E-state index contributed by atoms with van der Waals surface area (Å²) in [5.74, 6) is -0.146. The van der Waals surface area contributed by atoms with Gasteiger partial charge in [-0.3, -0.25) is 9.78 Å². The van der Waals surface area contributed by atoms with Crippen molar-refractivity contribution < 1.29 is 4.79 Å². The Balaban J connectivity index is 1.67. The first-order valence-corrected chi connectivity index (χ1v) is 7.69. The van der Waals surface area contributed by atoms with E-state index in [2.05, 4.69) is 27.4 Å². The Morgan fingerprint density at radius 3 is 2.67 bits per heavy atom. The summed E-state index contributed by atoms with van der Waals surface area (Å²) < 4.78 is 0. The maximum atomic E-state index is 12.3. The molecule has 0 saturated heterocycles. The molecule has 1 amide bonds. The van der Waals surface area contributed by atoms with Gasteiger partial charge in [-0.15, -0.1) is 0 Å². The van der Waals surface area contributed by atoms with Crippen molar-refractivity contribution >= 4 is 22.5 Å². The number of nitrogens with one attached hydrogen (secondary N) is 2. The maximum absolute atomic E-state index is 12.3. The highest BCUT2D eigenvalue weighted by atomic mass is 16.1. The minimum Gasteiger partial charge on any atom is -0.361 e. The second kappa shape index (κ2) is 6.01. The van der Waals surface area contributed by atoms with E-state index >= 15 is 0 Å². The van der Waals surface area contributed by atoms with E-state index in [1.807, 2.05) is 42.6 Å². The smallest absolute Gasteiger partial charge is 0.255 e. The predicted molar refractivity (Wildman–Crippen MR) is 95.9 cm³/mol. The zero-order valence-corrected chi connectivity index (χ0v) is 12.9. The van der Waals surface area contributed by atoms with Gasteiger partial charge >= 0.3 is 0 Å². The highest BCUT2D eigenvalue weighted by molar-refractivity contribution is 6.04. The molecular weight excluding hydrogens is 298 g/mol. The van der Waals surface area contributed by atoms with Crippen LogP contribution in [-0.4, -0.2) is 15.9 Å². The Morgan fingerprint density at radius 1 is 0.958 bits per heavy atom. The Hall–Kier alpha value is -3.40. The molecule has 0 unspecified atom stereocenters. The monoisotopic (exact) mass is 313 g/mol. The van der Waals surface area contributed by atoms with Gasteiger partial charge < -0.3 is 10.3 Å².